The molecule has 0 aliphatic carbocycles. The Bertz CT molecular complexity index is 407. The van der Waals surface area contributed by atoms with Gasteiger partial charge in [-0.2, -0.15) is 0 Å². The molecule has 0 radical (unpaired) electrons. The van der Waals surface area contributed by atoms with Crippen LogP contribution in [0, 0.1) is 0 Å². The van der Waals surface area contributed by atoms with E-state index >= 15 is 0 Å². The van der Waals surface area contributed by atoms with E-state index in [9.17, 15) is 0 Å². The van der Waals surface area contributed by atoms with Crippen LogP contribution in [-0.2, 0) is 11.2 Å². The average Bonchev–Trinajstić information content (AvgIpc) is 2.87. The summed E-state index contributed by atoms with van der Waals surface area (Å²) in [5, 5.41) is 3.37. The Kier molecular flexibility index (Phi) is 3.64. The van der Waals surface area contributed by atoms with Gasteiger partial charge in [-0.1, -0.05) is 24.3 Å². The van der Waals surface area contributed by atoms with Crippen LogP contribution in [0.3, 0.4) is 0 Å². The maximum Gasteiger partial charge on any atom is 0.0954 e. The second-order valence-electron chi connectivity index (χ2n) is 5.34. The number of rotatable bonds is 3. The molecular formula is C15H22N2O. The number of nitrogens with one attached hydrogen (secondary N) is 1. The lowest BCUT2D eigenvalue weighted by atomic mass is 9.97. The molecule has 2 atom stereocenters. The second-order valence-corrected chi connectivity index (χ2v) is 5.34. The Labute approximate surface area is 109 Å². The number of ether oxygens (including phenoxy) is 1. The molecule has 1 saturated heterocycles. The lowest BCUT2D eigenvalue weighted by Gasteiger charge is -2.29. The van der Waals surface area contributed by atoms with Crippen molar-refractivity contribution in [2.24, 2.45) is 0 Å². The fourth-order valence-electron chi connectivity index (χ4n) is 3.10. The first-order valence-corrected chi connectivity index (χ1v) is 6.96. The average molecular weight is 246 g/mol. The van der Waals surface area contributed by atoms with Crippen molar-refractivity contribution in [2.75, 3.05) is 33.3 Å². The Morgan fingerprint density at radius 2 is 2.28 bits per heavy atom. The first kappa shape index (κ1) is 12.2. The van der Waals surface area contributed by atoms with Gasteiger partial charge < -0.3 is 10.1 Å². The Hall–Kier alpha value is -0.900. The smallest absolute Gasteiger partial charge is 0.0954 e. The highest BCUT2D eigenvalue weighted by molar-refractivity contribution is 5.31. The predicted octanol–water partition coefficient (Wildman–Crippen LogP) is 1.59. The molecular weight excluding hydrogens is 224 g/mol. The topological polar surface area (TPSA) is 24.5 Å². The molecule has 1 N–H and O–H groups in total. The number of likely N-dealkylation sites (tertiary alicyclic amines) is 1. The summed E-state index contributed by atoms with van der Waals surface area (Å²) in [4.78, 5) is 2.52. The van der Waals surface area contributed by atoms with Gasteiger partial charge in [0.15, 0.2) is 0 Å². The van der Waals surface area contributed by atoms with Gasteiger partial charge in [0.25, 0.3) is 0 Å². The van der Waals surface area contributed by atoms with Gasteiger partial charge in [-0.3, -0.25) is 4.90 Å². The van der Waals surface area contributed by atoms with E-state index in [1.165, 1.54) is 24.1 Å². The van der Waals surface area contributed by atoms with Crippen molar-refractivity contribution in [1.29, 1.82) is 0 Å². The molecule has 3 nitrogen and oxygen atoms in total. The van der Waals surface area contributed by atoms with E-state index in [-0.39, 0.29) is 6.10 Å². The summed E-state index contributed by atoms with van der Waals surface area (Å²) in [7, 11) is 2.06. The molecule has 0 amide bonds. The molecule has 3 heteroatoms. The fourth-order valence-corrected chi connectivity index (χ4v) is 3.10. The van der Waals surface area contributed by atoms with Gasteiger partial charge in [0.2, 0.25) is 0 Å². The summed E-state index contributed by atoms with van der Waals surface area (Å²) in [6.07, 6.45) is 2.59. The third-order valence-corrected chi connectivity index (χ3v) is 4.20. The number of hydrogen-bond acceptors (Lipinski definition) is 3. The third kappa shape index (κ3) is 2.44. The highest BCUT2D eigenvalue weighted by Crippen LogP contribution is 2.28. The van der Waals surface area contributed by atoms with Gasteiger partial charge in [-0.15, -0.1) is 0 Å². The van der Waals surface area contributed by atoms with Crippen LogP contribution in [0.15, 0.2) is 24.3 Å². The fraction of sp³-hybridized carbons (Fsp3) is 0.600. The van der Waals surface area contributed by atoms with E-state index in [0.29, 0.717) is 6.04 Å². The van der Waals surface area contributed by atoms with Crippen molar-refractivity contribution in [3.63, 3.8) is 0 Å². The quantitative estimate of drug-likeness (QED) is 0.876. The molecule has 98 valence electrons. The van der Waals surface area contributed by atoms with E-state index in [0.717, 1.165) is 26.1 Å². The maximum atomic E-state index is 5.97. The second kappa shape index (κ2) is 5.39. The van der Waals surface area contributed by atoms with E-state index < -0.39 is 0 Å². The van der Waals surface area contributed by atoms with Crippen LogP contribution in [0.2, 0.25) is 0 Å². The van der Waals surface area contributed by atoms with Gasteiger partial charge in [0.05, 0.1) is 12.7 Å². The van der Waals surface area contributed by atoms with Crippen LogP contribution >= 0.6 is 0 Å². The van der Waals surface area contributed by atoms with E-state index in [1.807, 2.05) is 0 Å². The molecule has 0 saturated carbocycles. The van der Waals surface area contributed by atoms with E-state index in [4.69, 9.17) is 4.74 Å². The minimum Gasteiger partial charge on any atom is -0.372 e. The zero-order valence-electron chi connectivity index (χ0n) is 11.1. The van der Waals surface area contributed by atoms with E-state index in [2.05, 4.69) is 41.5 Å². The number of likely N-dealkylation sites (N-methyl/N-ethyl adjacent to an activating group) is 1. The highest BCUT2D eigenvalue weighted by Gasteiger charge is 2.27. The minimum absolute atomic E-state index is 0.269. The van der Waals surface area contributed by atoms with Crippen molar-refractivity contribution in [2.45, 2.75) is 25.0 Å². The number of nitrogens with zero attached hydrogens (tertiary/aromatic N) is 1. The molecule has 1 fully saturated rings. The molecule has 0 aromatic heterocycles. The summed E-state index contributed by atoms with van der Waals surface area (Å²) in [5.41, 5.74) is 2.87. The van der Waals surface area contributed by atoms with Gasteiger partial charge >= 0.3 is 0 Å². The summed E-state index contributed by atoms with van der Waals surface area (Å²) in [6.45, 7) is 4.24. The Balaban J connectivity index is 1.67. The zero-order chi connectivity index (χ0) is 12.4. The van der Waals surface area contributed by atoms with E-state index in [1.54, 1.807) is 0 Å². The molecule has 2 unspecified atom stereocenters. The Morgan fingerprint density at radius 3 is 3.11 bits per heavy atom. The van der Waals surface area contributed by atoms with Crippen molar-refractivity contribution in [3.05, 3.63) is 35.4 Å². The molecule has 3 rings (SSSR count). The SMILES string of the molecule is CNC1CCN(CC2OCCc3ccccc32)C1. The highest BCUT2D eigenvalue weighted by atomic mass is 16.5. The van der Waals surface area contributed by atoms with Crippen LogP contribution in [0.1, 0.15) is 23.7 Å². The number of benzene rings is 1. The largest absolute Gasteiger partial charge is 0.372 e. The lowest BCUT2D eigenvalue weighted by Crippen LogP contribution is -2.33. The first-order chi connectivity index (χ1) is 8.86. The minimum atomic E-state index is 0.269. The van der Waals surface area contributed by atoms with Crippen molar-refractivity contribution >= 4 is 0 Å². The number of hydrogen-bond donors (Lipinski definition) is 1. The van der Waals surface area contributed by atoms with Gasteiger partial charge in [-0.05, 0) is 37.6 Å². The molecule has 0 spiro atoms. The molecule has 2 aliphatic heterocycles. The van der Waals surface area contributed by atoms with Crippen LogP contribution in [0.4, 0.5) is 0 Å². The van der Waals surface area contributed by atoms with Crippen LogP contribution in [0.5, 0.6) is 0 Å². The van der Waals surface area contributed by atoms with Gasteiger partial charge in [0, 0.05) is 19.1 Å². The molecule has 1 aromatic rings. The van der Waals surface area contributed by atoms with Crippen LogP contribution in [0.25, 0.3) is 0 Å². The van der Waals surface area contributed by atoms with Gasteiger partial charge in [-0.25, -0.2) is 0 Å². The summed E-state index contributed by atoms with van der Waals surface area (Å²) >= 11 is 0. The van der Waals surface area contributed by atoms with Crippen molar-refractivity contribution in [1.82, 2.24) is 10.2 Å². The standard InChI is InChI=1S/C15H22N2O/c1-16-13-6-8-17(10-13)11-15-14-5-3-2-4-12(14)7-9-18-15/h2-5,13,15-16H,6-11H2,1H3. The summed E-state index contributed by atoms with van der Waals surface area (Å²) < 4.78 is 5.97. The zero-order valence-corrected chi connectivity index (χ0v) is 11.1. The molecule has 0 bridgehead atoms. The summed E-state index contributed by atoms with van der Waals surface area (Å²) in [5.74, 6) is 0. The Morgan fingerprint density at radius 1 is 1.39 bits per heavy atom. The van der Waals surface area contributed by atoms with Crippen molar-refractivity contribution in [3.8, 4) is 0 Å². The first-order valence-electron chi connectivity index (χ1n) is 6.96. The van der Waals surface area contributed by atoms with Crippen LogP contribution in [-0.4, -0.2) is 44.2 Å². The predicted molar refractivity (Wildman–Crippen MR) is 72.7 cm³/mol. The van der Waals surface area contributed by atoms with Crippen LogP contribution < -0.4 is 5.32 Å². The molecule has 18 heavy (non-hydrogen) atoms. The molecule has 1 aromatic carbocycles. The normalized spacial score (nSPS) is 28.3. The third-order valence-electron chi connectivity index (χ3n) is 4.20. The lowest BCUT2D eigenvalue weighted by molar-refractivity contribution is 0.0203. The maximum absolute atomic E-state index is 5.97. The number of fused-ring (bicyclic) bond motifs is 1. The van der Waals surface area contributed by atoms with Crippen molar-refractivity contribution < 1.29 is 4.74 Å². The summed E-state index contributed by atoms with van der Waals surface area (Å²) in [6, 6.07) is 9.38. The molecule has 2 heterocycles. The molecule has 2 aliphatic rings. The monoisotopic (exact) mass is 246 g/mol. The van der Waals surface area contributed by atoms with Gasteiger partial charge in [0.1, 0.15) is 0 Å².